The minimum atomic E-state index is -0.891. The van der Waals surface area contributed by atoms with E-state index in [2.05, 4.69) is 15.5 Å². The van der Waals surface area contributed by atoms with Gasteiger partial charge in [-0.15, -0.1) is 5.11 Å². The Morgan fingerprint density at radius 2 is 2.10 bits per heavy atom. The van der Waals surface area contributed by atoms with Gasteiger partial charge in [0.05, 0.1) is 17.9 Å². The molecule has 7 nitrogen and oxygen atoms in total. The number of benzene rings is 1. The number of rotatable bonds is 4. The first-order valence-electron chi connectivity index (χ1n) is 6.32. The molecule has 21 heavy (non-hydrogen) atoms. The number of hydrogen-bond acceptors (Lipinski definition) is 5. The fraction of sp³-hybridized carbons (Fsp3) is 0.214. The van der Waals surface area contributed by atoms with Crippen LogP contribution in [0.15, 0.2) is 46.6 Å². The molecule has 1 aromatic rings. The Labute approximate surface area is 120 Å². The van der Waals surface area contributed by atoms with E-state index in [1.807, 2.05) is 0 Å². The largest absolute Gasteiger partial charge is 0.462 e. The highest BCUT2D eigenvalue weighted by atomic mass is 16.5. The van der Waals surface area contributed by atoms with E-state index in [0.29, 0.717) is 5.69 Å². The summed E-state index contributed by atoms with van der Waals surface area (Å²) < 4.78 is 4.92. The number of para-hydroxylation sites is 1. The molecule has 108 valence electrons. The molecule has 0 saturated carbocycles. The molecular formula is C14H13N3O4. The summed E-state index contributed by atoms with van der Waals surface area (Å²) >= 11 is 0. The van der Waals surface area contributed by atoms with Crippen molar-refractivity contribution in [1.29, 1.82) is 0 Å². The number of anilines is 1. The van der Waals surface area contributed by atoms with E-state index < -0.39 is 23.8 Å². The van der Waals surface area contributed by atoms with Crippen molar-refractivity contribution in [3.05, 3.63) is 42.0 Å². The normalized spacial score (nSPS) is 16.6. The average molecular weight is 287 g/mol. The molecule has 7 heteroatoms. The molecular weight excluding hydrogens is 274 g/mol. The predicted octanol–water partition coefficient (Wildman–Crippen LogP) is 1.72. The minimum absolute atomic E-state index is 0.239. The van der Waals surface area contributed by atoms with Crippen LogP contribution in [0.4, 0.5) is 5.69 Å². The minimum Gasteiger partial charge on any atom is -0.462 e. The molecule has 1 aromatic carbocycles. The highest BCUT2D eigenvalue weighted by Gasteiger charge is 2.20. The number of hydrogen-bond donors (Lipinski definition) is 1. The lowest BCUT2D eigenvalue weighted by Gasteiger charge is -2.12. The first-order valence-corrected chi connectivity index (χ1v) is 6.32. The Kier molecular flexibility index (Phi) is 4.55. The lowest BCUT2D eigenvalue weighted by atomic mass is 10.1. The first kappa shape index (κ1) is 14.6. The topological polar surface area (TPSA) is 97.2 Å². The molecule has 2 amide bonds. The molecule has 1 aliphatic heterocycles. The number of amides is 2. The predicted molar refractivity (Wildman–Crippen MR) is 73.8 cm³/mol. The Hall–Kier alpha value is -2.83. The number of carbonyl (C=O) groups excluding carboxylic acids is 3. The fourth-order valence-electron chi connectivity index (χ4n) is 1.69. The molecule has 1 heterocycles. The zero-order valence-electron chi connectivity index (χ0n) is 11.3. The number of esters is 1. The van der Waals surface area contributed by atoms with Crippen molar-refractivity contribution in [2.45, 2.75) is 13.0 Å². The Morgan fingerprint density at radius 1 is 1.33 bits per heavy atom. The molecule has 0 bridgehead atoms. The average Bonchev–Trinajstić information content (AvgIpc) is 2.48. The van der Waals surface area contributed by atoms with Crippen LogP contribution in [-0.4, -0.2) is 30.4 Å². The summed E-state index contributed by atoms with van der Waals surface area (Å²) in [5, 5.41) is 9.46. The highest BCUT2D eigenvalue weighted by molar-refractivity contribution is 6.04. The van der Waals surface area contributed by atoms with Crippen molar-refractivity contribution in [3.63, 3.8) is 0 Å². The van der Waals surface area contributed by atoms with E-state index >= 15 is 0 Å². The molecule has 0 fully saturated rings. The highest BCUT2D eigenvalue weighted by Crippen LogP contribution is 2.17. The van der Waals surface area contributed by atoms with Gasteiger partial charge >= 0.3 is 5.97 Å². The standard InChI is InChI=1S/C14H13N3O4/c1-2-21-14(20)9-5-3-4-6-10(9)15-13(19)11-7-8-12(18)17-16-11/h3-8,11H,2H2,1H3,(H,15,19). The number of ether oxygens (including phenoxy) is 1. The second-order valence-electron chi connectivity index (χ2n) is 4.11. The van der Waals surface area contributed by atoms with Crippen molar-refractivity contribution in [2.24, 2.45) is 10.2 Å². The third-order valence-corrected chi connectivity index (χ3v) is 2.65. The van der Waals surface area contributed by atoms with Gasteiger partial charge in [-0.2, -0.15) is 5.11 Å². The van der Waals surface area contributed by atoms with Crippen LogP contribution in [0.1, 0.15) is 17.3 Å². The van der Waals surface area contributed by atoms with E-state index in [1.165, 1.54) is 12.2 Å². The van der Waals surface area contributed by atoms with Gasteiger partial charge in [-0.25, -0.2) is 4.79 Å². The SMILES string of the molecule is CCOC(=O)c1ccccc1NC(=O)C1C=CC(=O)N=N1. The van der Waals surface area contributed by atoms with Crippen molar-refractivity contribution >= 4 is 23.5 Å². The fourth-order valence-corrected chi connectivity index (χ4v) is 1.69. The Bertz CT molecular complexity index is 621. The summed E-state index contributed by atoms with van der Waals surface area (Å²) in [7, 11) is 0. The van der Waals surface area contributed by atoms with E-state index in [-0.39, 0.29) is 12.2 Å². The molecule has 0 spiro atoms. The number of nitrogens with zero attached hydrogens (tertiary/aromatic N) is 2. The van der Waals surface area contributed by atoms with E-state index in [9.17, 15) is 14.4 Å². The van der Waals surface area contributed by atoms with Crippen LogP contribution in [0.5, 0.6) is 0 Å². The second-order valence-corrected chi connectivity index (χ2v) is 4.11. The van der Waals surface area contributed by atoms with Gasteiger partial charge in [-0.05, 0) is 25.1 Å². The second kappa shape index (κ2) is 6.56. The smallest absolute Gasteiger partial charge is 0.340 e. The monoisotopic (exact) mass is 287 g/mol. The molecule has 1 aliphatic rings. The summed E-state index contributed by atoms with van der Waals surface area (Å²) in [6.45, 7) is 1.94. The van der Waals surface area contributed by atoms with E-state index in [1.54, 1.807) is 31.2 Å². The lowest BCUT2D eigenvalue weighted by molar-refractivity contribution is -0.117. The van der Waals surface area contributed by atoms with Gasteiger partial charge in [0.1, 0.15) is 0 Å². The maximum Gasteiger partial charge on any atom is 0.340 e. The van der Waals surface area contributed by atoms with Gasteiger partial charge in [0.25, 0.3) is 11.8 Å². The molecule has 1 unspecified atom stereocenters. The summed E-state index contributed by atoms with van der Waals surface area (Å²) in [6, 6.07) is 5.59. The Morgan fingerprint density at radius 3 is 2.76 bits per heavy atom. The van der Waals surface area contributed by atoms with Crippen LogP contribution in [0.3, 0.4) is 0 Å². The molecule has 0 radical (unpaired) electrons. The van der Waals surface area contributed by atoms with Crippen molar-refractivity contribution < 1.29 is 19.1 Å². The molecule has 0 aliphatic carbocycles. The van der Waals surface area contributed by atoms with Gasteiger partial charge < -0.3 is 10.1 Å². The number of nitrogens with one attached hydrogen (secondary N) is 1. The first-order chi connectivity index (χ1) is 10.1. The lowest BCUT2D eigenvalue weighted by Crippen LogP contribution is -2.27. The van der Waals surface area contributed by atoms with Crippen LogP contribution >= 0.6 is 0 Å². The van der Waals surface area contributed by atoms with Crippen LogP contribution < -0.4 is 5.32 Å². The van der Waals surface area contributed by atoms with Crippen molar-refractivity contribution in [3.8, 4) is 0 Å². The molecule has 0 saturated heterocycles. The van der Waals surface area contributed by atoms with Gasteiger partial charge in [-0.1, -0.05) is 12.1 Å². The Balaban J connectivity index is 2.14. The van der Waals surface area contributed by atoms with Crippen molar-refractivity contribution in [2.75, 3.05) is 11.9 Å². The third kappa shape index (κ3) is 3.59. The van der Waals surface area contributed by atoms with E-state index in [4.69, 9.17) is 4.74 Å². The van der Waals surface area contributed by atoms with Gasteiger partial charge in [0, 0.05) is 6.08 Å². The van der Waals surface area contributed by atoms with Crippen molar-refractivity contribution in [1.82, 2.24) is 0 Å². The van der Waals surface area contributed by atoms with Crippen LogP contribution in [0, 0.1) is 0 Å². The molecule has 1 atom stereocenters. The van der Waals surface area contributed by atoms with E-state index in [0.717, 1.165) is 0 Å². The van der Waals surface area contributed by atoms with Crippen LogP contribution in [0.25, 0.3) is 0 Å². The van der Waals surface area contributed by atoms with Gasteiger partial charge in [0.15, 0.2) is 6.04 Å². The number of carbonyl (C=O) groups is 3. The van der Waals surface area contributed by atoms with Gasteiger partial charge in [0.2, 0.25) is 0 Å². The molecule has 1 N–H and O–H groups in total. The quantitative estimate of drug-likeness (QED) is 0.852. The zero-order valence-corrected chi connectivity index (χ0v) is 11.3. The maximum atomic E-state index is 12.0. The van der Waals surface area contributed by atoms with Crippen LogP contribution in [0.2, 0.25) is 0 Å². The number of azo groups is 1. The summed E-state index contributed by atoms with van der Waals surface area (Å²) in [5.74, 6) is -1.52. The maximum absolute atomic E-state index is 12.0. The van der Waals surface area contributed by atoms with Gasteiger partial charge in [-0.3, -0.25) is 9.59 Å². The summed E-state index contributed by atoms with van der Waals surface area (Å²) in [5.41, 5.74) is 0.571. The summed E-state index contributed by atoms with van der Waals surface area (Å²) in [6.07, 6.45) is 2.52. The van der Waals surface area contributed by atoms with Crippen LogP contribution in [-0.2, 0) is 14.3 Å². The zero-order chi connectivity index (χ0) is 15.2. The molecule has 2 rings (SSSR count). The molecule has 0 aromatic heterocycles. The summed E-state index contributed by atoms with van der Waals surface area (Å²) in [4.78, 5) is 34.7. The third-order valence-electron chi connectivity index (χ3n) is 2.65.